The molecule has 2 aromatic rings. The molecule has 0 radical (unpaired) electrons. The summed E-state index contributed by atoms with van der Waals surface area (Å²) in [6, 6.07) is 16.0. The molecule has 0 unspecified atom stereocenters. The Morgan fingerprint density at radius 2 is 2.00 bits per heavy atom. The summed E-state index contributed by atoms with van der Waals surface area (Å²) in [7, 11) is 0. The highest BCUT2D eigenvalue weighted by molar-refractivity contribution is 9.10. The van der Waals surface area contributed by atoms with Crippen molar-refractivity contribution in [2.45, 2.75) is 32.6 Å². The van der Waals surface area contributed by atoms with Crippen molar-refractivity contribution in [2.75, 3.05) is 13.2 Å². The van der Waals surface area contributed by atoms with E-state index in [2.05, 4.69) is 34.2 Å². The van der Waals surface area contributed by atoms with Crippen LogP contribution in [0.1, 0.15) is 30.9 Å². The van der Waals surface area contributed by atoms with Gasteiger partial charge < -0.3 is 10.1 Å². The summed E-state index contributed by atoms with van der Waals surface area (Å²) in [4.78, 5) is 12.0. The second kappa shape index (κ2) is 10.1. The Morgan fingerprint density at radius 3 is 2.79 bits per heavy atom. The van der Waals surface area contributed by atoms with Gasteiger partial charge in [-0.15, -0.1) is 0 Å². The second-order valence-corrected chi connectivity index (χ2v) is 6.63. The van der Waals surface area contributed by atoms with Crippen molar-refractivity contribution in [3.05, 3.63) is 64.1 Å². The van der Waals surface area contributed by atoms with Crippen LogP contribution in [0.25, 0.3) is 0 Å². The molecule has 0 saturated heterocycles. The standard InChI is InChI=1S/C20H24BrNO2/c1-2-13-24-19-11-4-3-8-17(19)9-6-12-22-20(23)15-16-7-5-10-18(21)14-16/h3-5,7-8,10-11,14H,2,6,9,12-13,15H2,1H3,(H,22,23). The van der Waals surface area contributed by atoms with Crippen molar-refractivity contribution in [3.63, 3.8) is 0 Å². The molecule has 1 N–H and O–H groups in total. The van der Waals surface area contributed by atoms with Crippen LogP contribution in [0.2, 0.25) is 0 Å². The van der Waals surface area contributed by atoms with Gasteiger partial charge in [0.05, 0.1) is 13.0 Å². The van der Waals surface area contributed by atoms with Crippen molar-refractivity contribution < 1.29 is 9.53 Å². The molecular formula is C20H24BrNO2. The number of amides is 1. The second-order valence-electron chi connectivity index (χ2n) is 5.72. The smallest absolute Gasteiger partial charge is 0.224 e. The highest BCUT2D eigenvalue weighted by atomic mass is 79.9. The van der Waals surface area contributed by atoms with E-state index >= 15 is 0 Å². The molecule has 0 atom stereocenters. The summed E-state index contributed by atoms with van der Waals surface area (Å²) in [6.45, 7) is 3.51. The highest BCUT2D eigenvalue weighted by Crippen LogP contribution is 2.19. The summed E-state index contributed by atoms with van der Waals surface area (Å²) in [6.07, 6.45) is 3.21. The van der Waals surface area contributed by atoms with Gasteiger partial charge in [-0.05, 0) is 48.6 Å². The van der Waals surface area contributed by atoms with Gasteiger partial charge in [0.2, 0.25) is 5.91 Å². The molecule has 2 rings (SSSR count). The summed E-state index contributed by atoms with van der Waals surface area (Å²) >= 11 is 3.42. The third-order valence-corrected chi connectivity index (χ3v) is 4.13. The van der Waals surface area contributed by atoms with Crippen molar-refractivity contribution in [2.24, 2.45) is 0 Å². The predicted octanol–water partition coefficient (Wildman–Crippen LogP) is 4.53. The molecule has 0 aliphatic carbocycles. The lowest BCUT2D eigenvalue weighted by atomic mass is 10.1. The number of para-hydroxylation sites is 1. The van der Waals surface area contributed by atoms with E-state index in [4.69, 9.17) is 4.74 Å². The maximum Gasteiger partial charge on any atom is 0.224 e. The third kappa shape index (κ3) is 6.36. The summed E-state index contributed by atoms with van der Waals surface area (Å²) < 4.78 is 6.76. The van der Waals surface area contributed by atoms with Gasteiger partial charge in [0, 0.05) is 11.0 Å². The molecule has 0 fully saturated rings. The lowest BCUT2D eigenvalue weighted by Crippen LogP contribution is -2.26. The van der Waals surface area contributed by atoms with Crippen LogP contribution in [0.4, 0.5) is 0 Å². The van der Waals surface area contributed by atoms with E-state index in [1.165, 1.54) is 5.56 Å². The normalized spacial score (nSPS) is 10.4. The Bertz CT molecular complexity index is 658. The van der Waals surface area contributed by atoms with Crippen LogP contribution in [0, 0.1) is 0 Å². The zero-order valence-corrected chi connectivity index (χ0v) is 15.6. The van der Waals surface area contributed by atoms with Gasteiger partial charge >= 0.3 is 0 Å². The number of carbonyl (C=O) groups excluding carboxylic acids is 1. The van der Waals surface area contributed by atoms with Crippen molar-refractivity contribution in [1.82, 2.24) is 5.32 Å². The minimum absolute atomic E-state index is 0.0589. The van der Waals surface area contributed by atoms with E-state index in [1.54, 1.807) is 0 Å². The SMILES string of the molecule is CCCOc1ccccc1CCCNC(=O)Cc1cccc(Br)c1. The molecule has 24 heavy (non-hydrogen) atoms. The molecule has 0 saturated carbocycles. The molecule has 2 aromatic carbocycles. The van der Waals surface area contributed by atoms with Crippen molar-refractivity contribution in [1.29, 1.82) is 0 Å². The Hall–Kier alpha value is -1.81. The van der Waals surface area contributed by atoms with E-state index in [1.807, 2.05) is 42.5 Å². The minimum atomic E-state index is 0.0589. The van der Waals surface area contributed by atoms with Gasteiger partial charge in [0.15, 0.2) is 0 Å². The molecule has 0 aliphatic heterocycles. The summed E-state index contributed by atoms with van der Waals surface area (Å²) in [5, 5.41) is 2.99. The number of ether oxygens (including phenoxy) is 1. The lowest BCUT2D eigenvalue weighted by molar-refractivity contribution is -0.120. The van der Waals surface area contributed by atoms with Crippen LogP contribution in [0.3, 0.4) is 0 Å². The monoisotopic (exact) mass is 389 g/mol. The van der Waals surface area contributed by atoms with Gasteiger partial charge in [-0.1, -0.05) is 53.2 Å². The number of halogens is 1. The van der Waals surface area contributed by atoms with Crippen LogP contribution >= 0.6 is 15.9 Å². The molecule has 0 heterocycles. The molecule has 1 amide bonds. The van der Waals surface area contributed by atoms with Crippen LogP contribution < -0.4 is 10.1 Å². The van der Waals surface area contributed by atoms with Crippen LogP contribution in [-0.4, -0.2) is 19.1 Å². The average molecular weight is 390 g/mol. The zero-order chi connectivity index (χ0) is 17.2. The van der Waals surface area contributed by atoms with E-state index < -0.39 is 0 Å². The van der Waals surface area contributed by atoms with E-state index in [-0.39, 0.29) is 5.91 Å². The quantitative estimate of drug-likeness (QED) is 0.639. The Kier molecular flexibility index (Phi) is 7.83. The van der Waals surface area contributed by atoms with E-state index in [9.17, 15) is 4.79 Å². The van der Waals surface area contributed by atoms with Crippen LogP contribution in [-0.2, 0) is 17.6 Å². The largest absolute Gasteiger partial charge is 0.493 e. The topological polar surface area (TPSA) is 38.3 Å². The molecule has 0 aromatic heterocycles. The van der Waals surface area contributed by atoms with Crippen molar-refractivity contribution in [3.8, 4) is 5.75 Å². The number of carbonyl (C=O) groups is 1. The lowest BCUT2D eigenvalue weighted by Gasteiger charge is -2.11. The maximum atomic E-state index is 12.0. The number of hydrogen-bond acceptors (Lipinski definition) is 2. The molecule has 0 bridgehead atoms. The number of nitrogens with one attached hydrogen (secondary N) is 1. The van der Waals surface area contributed by atoms with Gasteiger partial charge in [-0.3, -0.25) is 4.79 Å². The highest BCUT2D eigenvalue weighted by Gasteiger charge is 2.05. The van der Waals surface area contributed by atoms with E-state index in [0.29, 0.717) is 13.0 Å². The zero-order valence-electron chi connectivity index (χ0n) is 14.1. The molecule has 4 heteroatoms. The van der Waals surface area contributed by atoms with Crippen LogP contribution in [0.5, 0.6) is 5.75 Å². The van der Waals surface area contributed by atoms with Crippen molar-refractivity contribution >= 4 is 21.8 Å². The molecule has 0 spiro atoms. The Morgan fingerprint density at radius 1 is 1.17 bits per heavy atom. The summed E-state index contributed by atoms with van der Waals surface area (Å²) in [5.74, 6) is 1.02. The van der Waals surface area contributed by atoms with Gasteiger partial charge in [-0.2, -0.15) is 0 Å². The Balaban J connectivity index is 1.74. The molecule has 0 aliphatic rings. The number of rotatable bonds is 9. The molecular weight excluding hydrogens is 366 g/mol. The maximum absolute atomic E-state index is 12.0. The number of hydrogen-bond donors (Lipinski definition) is 1. The van der Waals surface area contributed by atoms with Gasteiger partial charge in [-0.25, -0.2) is 0 Å². The predicted molar refractivity (Wildman–Crippen MR) is 101 cm³/mol. The fourth-order valence-corrected chi connectivity index (χ4v) is 2.91. The first-order valence-corrected chi connectivity index (χ1v) is 9.20. The van der Waals surface area contributed by atoms with Gasteiger partial charge in [0.1, 0.15) is 5.75 Å². The number of benzene rings is 2. The van der Waals surface area contributed by atoms with E-state index in [0.717, 1.165) is 41.7 Å². The third-order valence-electron chi connectivity index (χ3n) is 3.63. The summed E-state index contributed by atoms with van der Waals surface area (Å²) in [5.41, 5.74) is 2.22. The average Bonchev–Trinajstić information content (AvgIpc) is 2.58. The first kappa shape index (κ1) is 18.5. The first-order chi connectivity index (χ1) is 11.7. The fraction of sp³-hybridized carbons (Fsp3) is 0.350. The molecule has 3 nitrogen and oxygen atoms in total. The number of aryl methyl sites for hydroxylation is 1. The fourth-order valence-electron chi connectivity index (χ4n) is 2.46. The van der Waals surface area contributed by atoms with Crippen LogP contribution in [0.15, 0.2) is 53.0 Å². The Labute approximate surface area is 152 Å². The first-order valence-electron chi connectivity index (χ1n) is 8.41. The van der Waals surface area contributed by atoms with Gasteiger partial charge in [0.25, 0.3) is 0 Å². The molecule has 128 valence electrons. The minimum Gasteiger partial charge on any atom is -0.493 e.